The molecule has 0 N–H and O–H groups in total. The first-order valence-corrected chi connectivity index (χ1v) is 11.0. The third-order valence-electron chi connectivity index (χ3n) is 5.30. The van der Waals surface area contributed by atoms with Crippen molar-refractivity contribution in [2.45, 2.75) is 26.2 Å². The molecule has 0 spiro atoms. The van der Waals surface area contributed by atoms with E-state index in [9.17, 15) is 9.59 Å². The molecule has 0 saturated heterocycles. The van der Waals surface area contributed by atoms with Crippen molar-refractivity contribution in [2.24, 2.45) is 0 Å². The first-order chi connectivity index (χ1) is 15.5. The Morgan fingerprint density at radius 1 is 1.00 bits per heavy atom. The molecular formula is C26H27ClN2O3. The van der Waals surface area contributed by atoms with Gasteiger partial charge in [0.15, 0.2) is 5.78 Å². The van der Waals surface area contributed by atoms with Crippen molar-refractivity contribution in [1.82, 2.24) is 4.98 Å². The fourth-order valence-corrected chi connectivity index (χ4v) is 3.67. The first-order valence-electron chi connectivity index (χ1n) is 10.7. The number of hydrogen-bond donors (Lipinski definition) is 0. The van der Waals surface area contributed by atoms with Crippen LogP contribution in [-0.2, 0) is 16.0 Å². The molecule has 32 heavy (non-hydrogen) atoms. The van der Waals surface area contributed by atoms with Crippen LogP contribution in [0.15, 0.2) is 66.9 Å². The molecule has 0 aliphatic heterocycles. The number of halogens is 1. The number of carbonyl (C=O) groups excluding carboxylic acids is 2. The second-order valence-electron chi connectivity index (χ2n) is 7.39. The molecule has 1 heterocycles. The summed E-state index contributed by atoms with van der Waals surface area (Å²) in [5, 5.41) is 0.445. The molecule has 3 aromatic rings. The van der Waals surface area contributed by atoms with Gasteiger partial charge in [-0.05, 0) is 41.3 Å². The number of pyridine rings is 1. The topological polar surface area (TPSA) is 59.5 Å². The number of Topliss-reactive ketones (excluding diaryl/α,β-unsaturated/α-hetero) is 1. The van der Waals surface area contributed by atoms with Crippen LogP contribution in [0.4, 0.5) is 5.69 Å². The average molecular weight is 451 g/mol. The molecule has 0 aliphatic carbocycles. The SMILES string of the molecule is CCC(=O)N(CCOC)c1ccc(-c2ccc(C(=O)CCc3cccnc3Cl)cc2)cc1. The Balaban J connectivity index is 1.66. The third kappa shape index (κ3) is 6.02. The molecule has 0 radical (unpaired) electrons. The van der Waals surface area contributed by atoms with Gasteiger partial charge in [-0.25, -0.2) is 4.98 Å². The van der Waals surface area contributed by atoms with E-state index in [4.69, 9.17) is 16.3 Å². The number of methoxy groups -OCH3 is 1. The highest BCUT2D eigenvalue weighted by molar-refractivity contribution is 6.30. The van der Waals surface area contributed by atoms with Crippen LogP contribution in [0.1, 0.15) is 35.7 Å². The second-order valence-corrected chi connectivity index (χ2v) is 7.75. The zero-order chi connectivity index (χ0) is 22.9. The molecule has 1 aromatic heterocycles. The van der Waals surface area contributed by atoms with Gasteiger partial charge in [0, 0.05) is 43.9 Å². The number of nitrogens with zero attached hydrogens (tertiary/aromatic N) is 2. The molecule has 5 nitrogen and oxygen atoms in total. The summed E-state index contributed by atoms with van der Waals surface area (Å²) in [4.78, 5) is 30.6. The number of aromatic nitrogens is 1. The lowest BCUT2D eigenvalue weighted by molar-refractivity contribution is -0.118. The Hall–Kier alpha value is -3.02. The van der Waals surface area contributed by atoms with Crippen LogP contribution in [0.5, 0.6) is 0 Å². The average Bonchev–Trinajstić information content (AvgIpc) is 2.84. The lowest BCUT2D eigenvalue weighted by Gasteiger charge is -2.22. The number of ether oxygens (including phenoxy) is 1. The monoisotopic (exact) mass is 450 g/mol. The minimum Gasteiger partial charge on any atom is -0.383 e. The molecule has 2 aromatic carbocycles. The Bertz CT molecular complexity index is 1050. The van der Waals surface area contributed by atoms with Crippen molar-refractivity contribution < 1.29 is 14.3 Å². The Labute approximate surface area is 194 Å². The van der Waals surface area contributed by atoms with Crippen molar-refractivity contribution in [3.8, 4) is 11.1 Å². The van der Waals surface area contributed by atoms with E-state index in [1.54, 1.807) is 18.2 Å². The van der Waals surface area contributed by atoms with Crippen molar-refractivity contribution in [3.05, 3.63) is 83.1 Å². The summed E-state index contributed by atoms with van der Waals surface area (Å²) in [5.41, 5.74) is 4.42. The Kier molecular flexibility index (Phi) is 8.54. The summed E-state index contributed by atoms with van der Waals surface area (Å²) in [5.74, 6) is 0.129. The van der Waals surface area contributed by atoms with E-state index in [1.165, 1.54) is 0 Å². The van der Waals surface area contributed by atoms with Crippen LogP contribution >= 0.6 is 11.6 Å². The van der Waals surface area contributed by atoms with Gasteiger partial charge < -0.3 is 9.64 Å². The van der Waals surface area contributed by atoms with E-state index in [-0.39, 0.29) is 11.7 Å². The first kappa shape index (κ1) is 23.6. The lowest BCUT2D eigenvalue weighted by Crippen LogP contribution is -2.33. The van der Waals surface area contributed by atoms with Crippen molar-refractivity contribution >= 4 is 29.0 Å². The summed E-state index contributed by atoms with van der Waals surface area (Å²) in [7, 11) is 1.63. The molecule has 0 unspecified atom stereocenters. The van der Waals surface area contributed by atoms with E-state index >= 15 is 0 Å². The maximum Gasteiger partial charge on any atom is 0.226 e. The van der Waals surface area contributed by atoms with Crippen LogP contribution in [0.25, 0.3) is 11.1 Å². The number of ketones is 1. The summed E-state index contributed by atoms with van der Waals surface area (Å²) in [6.07, 6.45) is 3.01. The molecule has 3 rings (SSSR count). The van der Waals surface area contributed by atoms with E-state index in [0.29, 0.717) is 43.1 Å². The van der Waals surface area contributed by atoms with Crippen LogP contribution in [0.2, 0.25) is 5.15 Å². The molecule has 0 aliphatic rings. The zero-order valence-corrected chi connectivity index (χ0v) is 19.1. The molecule has 0 bridgehead atoms. The molecule has 0 atom stereocenters. The van der Waals surface area contributed by atoms with Gasteiger partial charge in [-0.1, -0.05) is 61.0 Å². The highest BCUT2D eigenvalue weighted by Gasteiger charge is 2.14. The van der Waals surface area contributed by atoms with Crippen molar-refractivity contribution in [3.63, 3.8) is 0 Å². The lowest BCUT2D eigenvalue weighted by atomic mass is 9.99. The number of aryl methyl sites for hydroxylation is 1. The minimum atomic E-state index is 0.0604. The summed E-state index contributed by atoms with van der Waals surface area (Å²) in [6.45, 7) is 2.85. The van der Waals surface area contributed by atoms with Gasteiger partial charge >= 0.3 is 0 Å². The zero-order valence-electron chi connectivity index (χ0n) is 18.4. The molecule has 6 heteroatoms. The number of amides is 1. The normalized spacial score (nSPS) is 10.7. The molecule has 166 valence electrons. The third-order valence-corrected chi connectivity index (χ3v) is 5.64. The molecular weight excluding hydrogens is 424 g/mol. The molecule has 0 fully saturated rings. The smallest absolute Gasteiger partial charge is 0.226 e. The largest absolute Gasteiger partial charge is 0.383 e. The predicted octanol–water partition coefficient (Wildman–Crippen LogP) is 5.61. The van der Waals surface area contributed by atoms with Gasteiger partial charge in [0.25, 0.3) is 0 Å². The molecule has 0 saturated carbocycles. The maximum absolute atomic E-state index is 12.6. The minimum absolute atomic E-state index is 0.0604. The number of benzene rings is 2. The van der Waals surface area contributed by atoms with Gasteiger partial charge in [-0.3, -0.25) is 9.59 Å². The standard InChI is InChI=1S/C26H27ClN2O3/c1-3-25(31)29(17-18-32-2)23-13-10-20(11-14-23)19-6-8-21(9-7-19)24(30)15-12-22-5-4-16-28-26(22)27/h4-11,13-14,16H,3,12,15,17-18H2,1-2H3. The maximum atomic E-state index is 12.6. The Morgan fingerprint density at radius 2 is 1.66 bits per heavy atom. The van der Waals surface area contributed by atoms with Gasteiger partial charge in [0.2, 0.25) is 5.91 Å². The van der Waals surface area contributed by atoms with E-state index in [1.807, 2.05) is 67.6 Å². The van der Waals surface area contributed by atoms with Gasteiger partial charge in [-0.15, -0.1) is 0 Å². The fourth-order valence-electron chi connectivity index (χ4n) is 3.45. The van der Waals surface area contributed by atoms with E-state index in [2.05, 4.69) is 4.98 Å². The number of carbonyl (C=O) groups is 2. The van der Waals surface area contributed by atoms with E-state index in [0.717, 1.165) is 22.4 Å². The summed E-state index contributed by atoms with van der Waals surface area (Å²) >= 11 is 6.07. The fraction of sp³-hybridized carbons (Fsp3) is 0.269. The molecule has 1 amide bonds. The van der Waals surface area contributed by atoms with Crippen LogP contribution in [0.3, 0.4) is 0 Å². The highest BCUT2D eigenvalue weighted by Crippen LogP contribution is 2.25. The van der Waals surface area contributed by atoms with Crippen molar-refractivity contribution in [1.29, 1.82) is 0 Å². The summed E-state index contributed by atoms with van der Waals surface area (Å²) < 4.78 is 5.13. The van der Waals surface area contributed by atoms with Gasteiger partial charge in [0.05, 0.1) is 6.61 Å². The summed E-state index contributed by atoms with van der Waals surface area (Å²) in [6, 6.07) is 19.1. The number of hydrogen-bond acceptors (Lipinski definition) is 4. The Morgan fingerprint density at radius 3 is 2.25 bits per heavy atom. The quantitative estimate of drug-likeness (QED) is 0.297. The van der Waals surface area contributed by atoms with Gasteiger partial charge in [0.1, 0.15) is 5.15 Å². The van der Waals surface area contributed by atoms with Crippen LogP contribution in [-0.4, -0.2) is 36.9 Å². The van der Waals surface area contributed by atoms with Crippen LogP contribution in [0, 0.1) is 0 Å². The van der Waals surface area contributed by atoms with Crippen LogP contribution < -0.4 is 4.90 Å². The number of rotatable bonds is 10. The van der Waals surface area contributed by atoms with Gasteiger partial charge in [-0.2, -0.15) is 0 Å². The predicted molar refractivity (Wildman–Crippen MR) is 128 cm³/mol. The second kappa shape index (κ2) is 11.6. The highest BCUT2D eigenvalue weighted by atomic mass is 35.5. The number of anilines is 1. The van der Waals surface area contributed by atoms with E-state index < -0.39 is 0 Å². The van der Waals surface area contributed by atoms with Crippen molar-refractivity contribution in [2.75, 3.05) is 25.2 Å².